The number of aryl methyl sites for hydroxylation is 1. The molecule has 39 heavy (non-hydrogen) atoms. The number of aliphatic hydroxyl groups excluding tert-OH is 1. The molecule has 0 aliphatic heterocycles. The Hall–Kier alpha value is -3.59. The van der Waals surface area contributed by atoms with Crippen LogP contribution in [0.2, 0.25) is 0 Å². The van der Waals surface area contributed by atoms with Crippen molar-refractivity contribution in [2.75, 3.05) is 13.2 Å². The monoisotopic (exact) mass is 541 g/mol. The van der Waals surface area contributed by atoms with Crippen LogP contribution in [0.5, 0.6) is 5.75 Å². The topological polar surface area (TPSA) is 128 Å². The zero-order valence-corrected chi connectivity index (χ0v) is 23.9. The van der Waals surface area contributed by atoms with Crippen LogP contribution in [-0.2, 0) is 20.7 Å². The third kappa shape index (κ3) is 9.90. The molecule has 0 saturated carbocycles. The van der Waals surface area contributed by atoms with Crippen LogP contribution in [0.1, 0.15) is 70.2 Å². The van der Waals surface area contributed by atoms with Gasteiger partial charge in [-0.25, -0.2) is 4.79 Å². The summed E-state index contributed by atoms with van der Waals surface area (Å²) in [5.74, 6) is -0.905. The second-order valence-electron chi connectivity index (χ2n) is 10.8. The summed E-state index contributed by atoms with van der Waals surface area (Å²) >= 11 is 0. The molecule has 2 aromatic rings. The number of ether oxygens (including phenoxy) is 1. The zero-order valence-electron chi connectivity index (χ0n) is 23.9. The predicted molar refractivity (Wildman–Crippen MR) is 150 cm³/mol. The van der Waals surface area contributed by atoms with Crippen molar-refractivity contribution in [1.82, 2.24) is 15.5 Å². The summed E-state index contributed by atoms with van der Waals surface area (Å²) in [4.78, 5) is 41.9. The van der Waals surface area contributed by atoms with Gasteiger partial charge in [0.2, 0.25) is 11.8 Å². The fourth-order valence-electron chi connectivity index (χ4n) is 4.32. The van der Waals surface area contributed by atoms with E-state index in [2.05, 4.69) is 10.6 Å². The highest BCUT2D eigenvalue weighted by atomic mass is 16.6. The standard InChI is InChI=1S/C30H43N3O6/c1-7-11-21(3)31-27(36)26(23-14-15-25(35)20(2)18-23)33(16-17-34)28(37)24(19-22-12-9-8-10-13-22)32-29(38)39-30(4,5)6/h8-10,12-15,18,21,24,26,34-35H,7,11,16-17,19H2,1-6H3,(H,31,36)(H,32,38). The fourth-order valence-corrected chi connectivity index (χ4v) is 4.32. The van der Waals surface area contributed by atoms with Crippen LogP contribution in [0.4, 0.5) is 4.79 Å². The lowest BCUT2D eigenvalue weighted by molar-refractivity contribution is -0.143. The molecule has 0 aromatic heterocycles. The van der Waals surface area contributed by atoms with Crippen molar-refractivity contribution in [3.63, 3.8) is 0 Å². The maximum atomic E-state index is 14.1. The number of hydrogen-bond acceptors (Lipinski definition) is 6. The first-order valence-corrected chi connectivity index (χ1v) is 13.4. The van der Waals surface area contributed by atoms with Crippen molar-refractivity contribution in [1.29, 1.82) is 0 Å². The molecule has 0 radical (unpaired) electrons. The molecule has 2 rings (SSSR count). The van der Waals surface area contributed by atoms with Gasteiger partial charge in [-0.2, -0.15) is 0 Å². The molecule has 0 fully saturated rings. The van der Waals surface area contributed by atoms with Gasteiger partial charge in [0.1, 0.15) is 23.4 Å². The lowest BCUT2D eigenvalue weighted by atomic mass is 9.98. The van der Waals surface area contributed by atoms with Crippen LogP contribution in [0.15, 0.2) is 48.5 Å². The van der Waals surface area contributed by atoms with Crippen LogP contribution in [0.3, 0.4) is 0 Å². The Morgan fingerprint density at radius 2 is 1.72 bits per heavy atom. The van der Waals surface area contributed by atoms with E-state index in [1.807, 2.05) is 44.2 Å². The number of hydrogen-bond donors (Lipinski definition) is 4. The van der Waals surface area contributed by atoms with Crippen molar-refractivity contribution in [3.05, 3.63) is 65.2 Å². The van der Waals surface area contributed by atoms with E-state index in [1.165, 1.54) is 11.0 Å². The Balaban J connectivity index is 2.54. The molecule has 3 atom stereocenters. The van der Waals surface area contributed by atoms with Gasteiger partial charge in [-0.05, 0) is 69.9 Å². The number of benzene rings is 2. The summed E-state index contributed by atoms with van der Waals surface area (Å²) in [5.41, 5.74) is 1.03. The highest BCUT2D eigenvalue weighted by Gasteiger charge is 2.36. The summed E-state index contributed by atoms with van der Waals surface area (Å²) in [6.45, 7) is 10.2. The van der Waals surface area contributed by atoms with Crippen LogP contribution in [0, 0.1) is 6.92 Å². The predicted octanol–water partition coefficient (Wildman–Crippen LogP) is 4.00. The molecule has 2 aromatic carbocycles. The number of aliphatic hydroxyl groups is 1. The van der Waals surface area contributed by atoms with Gasteiger partial charge in [-0.1, -0.05) is 49.7 Å². The van der Waals surface area contributed by atoms with Gasteiger partial charge in [0, 0.05) is 19.0 Å². The molecule has 3 unspecified atom stereocenters. The molecule has 4 N–H and O–H groups in total. The maximum absolute atomic E-state index is 14.1. The Bertz CT molecular complexity index is 1100. The molecule has 3 amide bonds. The highest BCUT2D eigenvalue weighted by Crippen LogP contribution is 2.27. The number of carbonyl (C=O) groups excluding carboxylic acids is 3. The van der Waals surface area contributed by atoms with E-state index in [4.69, 9.17) is 4.74 Å². The van der Waals surface area contributed by atoms with E-state index in [0.29, 0.717) is 11.1 Å². The summed E-state index contributed by atoms with van der Waals surface area (Å²) in [7, 11) is 0. The Kier molecular flexibility index (Phi) is 11.8. The Morgan fingerprint density at radius 3 is 2.28 bits per heavy atom. The minimum Gasteiger partial charge on any atom is -0.508 e. The van der Waals surface area contributed by atoms with E-state index in [9.17, 15) is 24.6 Å². The summed E-state index contributed by atoms with van der Waals surface area (Å²) in [6.07, 6.45) is 0.995. The molecule has 0 bridgehead atoms. The summed E-state index contributed by atoms with van der Waals surface area (Å²) < 4.78 is 5.42. The lowest BCUT2D eigenvalue weighted by Crippen LogP contribution is -2.55. The van der Waals surface area contributed by atoms with Crippen molar-refractivity contribution in [2.45, 2.75) is 84.5 Å². The number of amides is 3. The highest BCUT2D eigenvalue weighted by molar-refractivity contribution is 5.92. The number of alkyl carbamates (subject to hydrolysis) is 1. The number of nitrogens with zero attached hydrogens (tertiary/aromatic N) is 1. The van der Waals surface area contributed by atoms with Crippen LogP contribution in [0.25, 0.3) is 0 Å². The average molecular weight is 542 g/mol. The first-order chi connectivity index (χ1) is 18.4. The quantitative estimate of drug-likeness (QED) is 0.322. The van der Waals surface area contributed by atoms with E-state index in [-0.39, 0.29) is 24.8 Å². The van der Waals surface area contributed by atoms with E-state index in [0.717, 1.165) is 18.4 Å². The van der Waals surface area contributed by atoms with Crippen LogP contribution >= 0.6 is 0 Å². The number of phenolic OH excluding ortho intramolecular Hbond substituents is 1. The summed E-state index contributed by atoms with van der Waals surface area (Å²) in [6, 6.07) is 11.6. The second kappa shape index (κ2) is 14.5. The molecule has 214 valence electrons. The largest absolute Gasteiger partial charge is 0.508 e. The van der Waals surface area contributed by atoms with E-state index in [1.54, 1.807) is 39.8 Å². The van der Waals surface area contributed by atoms with Gasteiger partial charge in [-0.15, -0.1) is 0 Å². The number of phenols is 1. The molecule has 9 nitrogen and oxygen atoms in total. The van der Waals surface area contributed by atoms with E-state index < -0.39 is 42.2 Å². The molecule has 0 saturated heterocycles. The third-order valence-corrected chi connectivity index (χ3v) is 6.10. The molecule has 0 heterocycles. The van der Waals surface area contributed by atoms with Crippen molar-refractivity contribution in [2.24, 2.45) is 0 Å². The lowest BCUT2D eigenvalue weighted by Gasteiger charge is -2.35. The first kappa shape index (κ1) is 31.6. The first-order valence-electron chi connectivity index (χ1n) is 13.4. The molecular weight excluding hydrogens is 498 g/mol. The Morgan fingerprint density at radius 1 is 1.05 bits per heavy atom. The summed E-state index contributed by atoms with van der Waals surface area (Å²) in [5, 5.41) is 25.7. The van der Waals surface area contributed by atoms with Gasteiger partial charge in [0.25, 0.3) is 0 Å². The second-order valence-corrected chi connectivity index (χ2v) is 10.8. The molecule has 9 heteroatoms. The number of rotatable bonds is 12. The maximum Gasteiger partial charge on any atom is 0.408 e. The van der Waals surface area contributed by atoms with Crippen molar-refractivity contribution in [3.8, 4) is 5.75 Å². The van der Waals surface area contributed by atoms with Crippen LogP contribution < -0.4 is 10.6 Å². The van der Waals surface area contributed by atoms with Gasteiger partial charge in [-0.3, -0.25) is 9.59 Å². The molecule has 0 aliphatic rings. The van der Waals surface area contributed by atoms with Crippen LogP contribution in [-0.4, -0.2) is 63.9 Å². The Labute approximate surface area is 231 Å². The van der Waals surface area contributed by atoms with Gasteiger partial charge in [0.05, 0.1) is 6.61 Å². The molecule has 0 spiro atoms. The zero-order chi connectivity index (χ0) is 29.2. The van der Waals surface area contributed by atoms with Gasteiger partial charge >= 0.3 is 6.09 Å². The fraction of sp³-hybridized carbons (Fsp3) is 0.500. The third-order valence-electron chi connectivity index (χ3n) is 6.10. The normalized spacial score (nSPS) is 13.6. The van der Waals surface area contributed by atoms with Gasteiger partial charge < -0.3 is 30.5 Å². The average Bonchev–Trinajstić information content (AvgIpc) is 2.84. The number of nitrogens with one attached hydrogen (secondary N) is 2. The molecule has 0 aliphatic carbocycles. The number of carbonyl (C=O) groups is 3. The minimum absolute atomic E-state index is 0.0610. The number of aromatic hydroxyl groups is 1. The molecular formula is C30H43N3O6. The smallest absolute Gasteiger partial charge is 0.408 e. The minimum atomic E-state index is -1.11. The van der Waals surface area contributed by atoms with Crippen molar-refractivity contribution < 1.29 is 29.3 Å². The van der Waals surface area contributed by atoms with Crippen molar-refractivity contribution >= 4 is 17.9 Å². The van der Waals surface area contributed by atoms with E-state index >= 15 is 0 Å². The van der Waals surface area contributed by atoms with Gasteiger partial charge in [0.15, 0.2) is 0 Å². The SMILES string of the molecule is CCCC(C)NC(=O)C(c1ccc(O)c(C)c1)N(CCO)C(=O)C(Cc1ccccc1)NC(=O)OC(C)(C)C.